The molecule has 86 valence electrons. The molecule has 1 aromatic rings. The molecule has 4 heteroatoms. The molecular weight excluding hydrogens is 272 g/mol. The van der Waals surface area contributed by atoms with Gasteiger partial charge >= 0.3 is 5.97 Å². The van der Waals surface area contributed by atoms with Crippen molar-refractivity contribution in [3.05, 3.63) is 28.2 Å². The van der Waals surface area contributed by atoms with E-state index >= 15 is 0 Å². The fourth-order valence-corrected chi connectivity index (χ4v) is 1.84. The lowest BCUT2D eigenvalue weighted by Gasteiger charge is -2.14. The van der Waals surface area contributed by atoms with Gasteiger partial charge in [0.15, 0.2) is 0 Å². The summed E-state index contributed by atoms with van der Waals surface area (Å²) in [6.07, 6.45) is 2.41. The zero-order valence-corrected chi connectivity index (χ0v) is 10.5. The predicted molar refractivity (Wildman–Crippen MR) is 63.8 cm³/mol. The van der Waals surface area contributed by atoms with E-state index in [2.05, 4.69) is 15.9 Å². The molecule has 16 heavy (non-hydrogen) atoms. The van der Waals surface area contributed by atoms with Gasteiger partial charge in [-0.1, -0.05) is 15.9 Å². The summed E-state index contributed by atoms with van der Waals surface area (Å²) in [6, 6.07) is 5.52. The Kier molecular flexibility index (Phi) is 3.19. The summed E-state index contributed by atoms with van der Waals surface area (Å²) in [5, 5.41) is 9.03. The van der Waals surface area contributed by atoms with Crippen molar-refractivity contribution in [1.29, 1.82) is 0 Å². The number of hydrogen-bond acceptors (Lipinski definition) is 2. The van der Waals surface area contributed by atoms with Gasteiger partial charge in [-0.3, -0.25) is 4.79 Å². The Morgan fingerprint density at radius 3 is 2.81 bits per heavy atom. The molecule has 0 saturated heterocycles. The summed E-state index contributed by atoms with van der Waals surface area (Å²) in [7, 11) is 0. The molecule has 0 bridgehead atoms. The molecule has 0 aliphatic heterocycles. The van der Waals surface area contributed by atoms with Crippen molar-refractivity contribution in [2.75, 3.05) is 0 Å². The molecule has 3 nitrogen and oxygen atoms in total. The van der Waals surface area contributed by atoms with Crippen molar-refractivity contribution >= 4 is 21.9 Å². The first-order valence-corrected chi connectivity index (χ1v) is 6.06. The van der Waals surface area contributed by atoms with E-state index < -0.39 is 11.9 Å². The zero-order valence-electron chi connectivity index (χ0n) is 8.94. The number of carboxylic acid groups (broad SMARTS) is 1. The molecule has 1 fully saturated rings. The van der Waals surface area contributed by atoms with Gasteiger partial charge < -0.3 is 9.84 Å². The number of hydrogen-bond donors (Lipinski definition) is 1. The van der Waals surface area contributed by atoms with E-state index in [0.29, 0.717) is 5.75 Å². The third-order valence-electron chi connectivity index (χ3n) is 2.63. The van der Waals surface area contributed by atoms with Crippen LogP contribution in [0.1, 0.15) is 31.2 Å². The summed E-state index contributed by atoms with van der Waals surface area (Å²) < 4.78 is 6.57. The molecule has 1 unspecified atom stereocenters. The van der Waals surface area contributed by atoms with Crippen LogP contribution in [0.3, 0.4) is 0 Å². The van der Waals surface area contributed by atoms with Gasteiger partial charge in [0.1, 0.15) is 5.75 Å². The number of carboxylic acids is 1. The van der Waals surface area contributed by atoms with Gasteiger partial charge in [0.05, 0.1) is 12.0 Å². The fraction of sp³-hybridized carbons (Fsp3) is 0.417. The van der Waals surface area contributed by atoms with Crippen LogP contribution in [-0.4, -0.2) is 17.2 Å². The number of rotatable bonds is 4. The van der Waals surface area contributed by atoms with E-state index in [4.69, 9.17) is 9.84 Å². The maximum absolute atomic E-state index is 11.0. The van der Waals surface area contributed by atoms with Crippen LogP contribution in [0.4, 0.5) is 0 Å². The Bertz CT molecular complexity index is 413. The third-order valence-corrected chi connectivity index (χ3v) is 3.12. The van der Waals surface area contributed by atoms with E-state index in [9.17, 15) is 4.79 Å². The maximum Gasteiger partial charge on any atom is 0.310 e. The first-order chi connectivity index (χ1) is 7.58. The Balaban J connectivity index is 2.30. The Morgan fingerprint density at radius 1 is 1.56 bits per heavy atom. The first kappa shape index (κ1) is 11.5. The Morgan fingerprint density at radius 2 is 2.25 bits per heavy atom. The van der Waals surface area contributed by atoms with E-state index in [0.717, 1.165) is 22.9 Å². The fourth-order valence-electron chi connectivity index (χ4n) is 1.46. The topological polar surface area (TPSA) is 46.5 Å². The molecule has 1 atom stereocenters. The summed E-state index contributed by atoms with van der Waals surface area (Å²) in [5.41, 5.74) is 0.730. The zero-order chi connectivity index (χ0) is 11.7. The normalized spacial score (nSPS) is 16.9. The average Bonchev–Trinajstić information content (AvgIpc) is 3.03. The lowest BCUT2D eigenvalue weighted by molar-refractivity contribution is -0.138. The molecule has 0 spiro atoms. The maximum atomic E-state index is 11.0. The van der Waals surface area contributed by atoms with Crippen molar-refractivity contribution in [1.82, 2.24) is 0 Å². The summed E-state index contributed by atoms with van der Waals surface area (Å²) in [5.74, 6) is -0.689. The van der Waals surface area contributed by atoms with Gasteiger partial charge in [-0.2, -0.15) is 0 Å². The number of ether oxygens (including phenoxy) is 1. The van der Waals surface area contributed by atoms with Gasteiger partial charge in [-0.15, -0.1) is 0 Å². The Labute approximate surface area is 103 Å². The molecule has 1 aliphatic carbocycles. The van der Waals surface area contributed by atoms with Crippen LogP contribution in [0.15, 0.2) is 22.7 Å². The molecule has 0 aromatic heterocycles. The van der Waals surface area contributed by atoms with E-state index in [-0.39, 0.29) is 6.10 Å². The van der Waals surface area contributed by atoms with Gasteiger partial charge in [0.2, 0.25) is 0 Å². The van der Waals surface area contributed by atoms with Crippen molar-refractivity contribution in [2.45, 2.75) is 31.8 Å². The van der Waals surface area contributed by atoms with Crippen molar-refractivity contribution in [3.8, 4) is 5.75 Å². The minimum absolute atomic E-state index is 0.279. The Hall–Kier alpha value is -1.03. The second kappa shape index (κ2) is 4.45. The smallest absolute Gasteiger partial charge is 0.310 e. The lowest BCUT2D eigenvalue weighted by Crippen LogP contribution is -2.10. The van der Waals surface area contributed by atoms with Gasteiger partial charge in [-0.25, -0.2) is 0 Å². The monoisotopic (exact) mass is 284 g/mol. The molecule has 0 heterocycles. The largest absolute Gasteiger partial charge is 0.490 e. The van der Waals surface area contributed by atoms with Crippen LogP contribution >= 0.6 is 15.9 Å². The molecule has 1 saturated carbocycles. The van der Waals surface area contributed by atoms with Crippen molar-refractivity contribution < 1.29 is 14.6 Å². The highest BCUT2D eigenvalue weighted by Gasteiger charge is 2.26. The molecule has 0 amide bonds. The summed E-state index contributed by atoms with van der Waals surface area (Å²) in [6.45, 7) is 1.67. The molecule has 1 aromatic carbocycles. The van der Waals surface area contributed by atoms with E-state index in [1.165, 1.54) is 0 Å². The summed E-state index contributed by atoms with van der Waals surface area (Å²) >= 11 is 3.35. The minimum atomic E-state index is -0.834. The van der Waals surface area contributed by atoms with E-state index in [1.54, 1.807) is 6.92 Å². The number of benzene rings is 1. The SMILES string of the molecule is CC(C(=O)O)c1cc(Br)ccc1OC1CC1. The third kappa shape index (κ3) is 2.55. The van der Waals surface area contributed by atoms with Crippen LogP contribution < -0.4 is 4.74 Å². The van der Waals surface area contributed by atoms with Crippen LogP contribution in [-0.2, 0) is 4.79 Å². The van der Waals surface area contributed by atoms with E-state index in [1.807, 2.05) is 18.2 Å². The molecular formula is C12H13BrO3. The van der Waals surface area contributed by atoms with Crippen LogP contribution in [0, 0.1) is 0 Å². The van der Waals surface area contributed by atoms with Crippen LogP contribution in [0.2, 0.25) is 0 Å². The second-order valence-electron chi connectivity index (χ2n) is 4.06. The minimum Gasteiger partial charge on any atom is -0.490 e. The summed E-state index contributed by atoms with van der Waals surface area (Å²) in [4.78, 5) is 11.0. The highest BCUT2D eigenvalue weighted by Crippen LogP contribution is 2.34. The number of halogens is 1. The van der Waals surface area contributed by atoms with Crippen LogP contribution in [0.25, 0.3) is 0 Å². The van der Waals surface area contributed by atoms with Crippen molar-refractivity contribution in [2.24, 2.45) is 0 Å². The number of carbonyl (C=O) groups is 1. The van der Waals surface area contributed by atoms with Gasteiger partial charge in [-0.05, 0) is 38.0 Å². The molecule has 1 N–H and O–H groups in total. The highest BCUT2D eigenvalue weighted by atomic mass is 79.9. The quantitative estimate of drug-likeness (QED) is 0.924. The van der Waals surface area contributed by atoms with Crippen LogP contribution in [0.5, 0.6) is 5.75 Å². The number of aliphatic carboxylic acids is 1. The van der Waals surface area contributed by atoms with Crippen molar-refractivity contribution in [3.63, 3.8) is 0 Å². The van der Waals surface area contributed by atoms with Gasteiger partial charge in [0.25, 0.3) is 0 Å². The second-order valence-corrected chi connectivity index (χ2v) is 4.97. The molecule has 0 radical (unpaired) electrons. The lowest BCUT2D eigenvalue weighted by atomic mass is 10.0. The average molecular weight is 285 g/mol. The predicted octanol–water partition coefficient (Wildman–Crippen LogP) is 3.18. The molecule has 2 rings (SSSR count). The standard InChI is InChI=1S/C12H13BrO3/c1-7(12(14)15)10-6-8(13)2-5-11(10)16-9-3-4-9/h2,5-7,9H,3-4H2,1H3,(H,14,15). The van der Waals surface area contributed by atoms with Gasteiger partial charge in [0, 0.05) is 10.0 Å². The molecule has 1 aliphatic rings. The highest BCUT2D eigenvalue weighted by molar-refractivity contribution is 9.10. The first-order valence-electron chi connectivity index (χ1n) is 5.27.